The molecule has 1 amide bonds. The van der Waals surface area contributed by atoms with E-state index in [2.05, 4.69) is 24.1 Å². The summed E-state index contributed by atoms with van der Waals surface area (Å²) < 4.78 is 5.33. The zero-order chi connectivity index (χ0) is 16.8. The number of carbonyl (C=O) groups excluding carboxylic acids is 1. The van der Waals surface area contributed by atoms with Gasteiger partial charge in [0.05, 0.1) is 6.04 Å². The Labute approximate surface area is 141 Å². The third-order valence-electron chi connectivity index (χ3n) is 3.54. The monoisotopic (exact) mass is 333 g/mol. The highest BCUT2D eigenvalue weighted by atomic mass is 32.2. The molecule has 2 aromatic rings. The molecule has 1 aromatic carbocycles. The Hall–Kier alpha value is -1.79. The number of hydrogen-bond acceptors (Lipinski definition) is 5. The highest BCUT2D eigenvalue weighted by Gasteiger charge is 2.17. The summed E-state index contributed by atoms with van der Waals surface area (Å²) in [5.74, 6) is 1.49. The SMILES string of the molecule is CSCCC(N)c1nc(C(=O)Nc2ccc(C(C)C)cc2)co1. The molecule has 0 fully saturated rings. The minimum absolute atomic E-state index is 0.243. The number of anilines is 1. The van der Waals surface area contributed by atoms with E-state index in [9.17, 15) is 4.79 Å². The molecule has 1 heterocycles. The molecule has 6 heteroatoms. The summed E-state index contributed by atoms with van der Waals surface area (Å²) in [7, 11) is 0. The van der Waals surface area contributed by atoms with Crippen molar-refractivity contribution in [1.29, 1.82) is 0 Å². The lowest BCUT2D eigenvalue weighted by molar-refractivity contribution is 0.102. The summed E-state index contributed by atoms with van der Waals surface area (Å²) in [6.45, 7) is 4.26. The maximum atomic E-state index is 12.2. The Morgan fingerprint density at radius 1 is 1.35 bits per heavy atom. The van der Waals surface area contributed by atoms with Crippen molar-refractivity contribution >= 4 is 23.4 Å². The van der Waals surface area contributed by atoms with Crippen LogP contribution >= 0.6 is 11.8 Å². The second-order valence-corrected chi connectivity index (χ2v) is 6.68. The highest BCUT2D eigenvalue weighted by Crippen LogP contribution is 2.19. The van der Waals surface area contributed by atoms with E-state index < -0.39 is 0 Å². The van der Waals surface area contributed by atoms with Crippen molar-refractivity contribution in [3.8, 4) is 0 Å². The van der Waals surface area contributed by atoms with E-state index in [0.29, 0.717) is 11.8 Å². The molecular formula is C17H23N3O2S. The van der Waals surface area contributed by atoms with Gasteiger partial charge in [-0.2, -0.15) is 11.8 Å². The van der Waals surface area contributed by atoms with Crippen LogP contribution in [-0.4, -0.2) is 22.9 Å². The van der Waals surface area contributed by atoms with Gasteiger partial charge in [0.2, 0.25) is 5.89 Å². The van der Waals surface area contributed by atoms with Crippen LogP contribution in [0, 0.1) is 0 Å². The molecule has 0 bridgehead atoms. The molecule has 0 saturated heterocycles. The maximum absolute atomic E-state index is 12.2. The summed E-state index contributed by atoms with van der Waals surface area (Å²) >= 11 is 1.71. The van der Waals surface area contributed by atoms with E-state index in [0.717, 1.165) is 17.9 Å². The van der Waals surface area contributed by atoms with E-state index >= 15 is 0 Å². The predicted molar refractivity (Wildman–Crippen MR) is 94.9 cm³/mol. The van der Waals surface area contributed by atoms with Crippen LogP contribution < -0.4 is 11.1 Å². The number of rotatable bonds is 7. The van der Waals surface area contributed by atoms with Gasteiger partial charge in [-0.15, -0.1) is 0 Å². The largest absolute Gasteiger partial charge is 0.446 e. The maximum Gasteiger partial charge on any atom is 0.277 e. The fourth-order valence-electron chi connectivity index (χ4n) is 2.08. The van der Waals surface area contributed by atoms with Gasteiger partial charge in [-0.1, -0.05) is 26.0 Å². The smallest absolute Gasteiger partial charge is 0.277 e. The standard InChI is InChI=1S/C17H23N3O2S/c1-11(2)12-4-6-13(7-5-12)19-16(21)15-10-22-17(20-15)14(18)8-9-23-3/h4-7,10-11,14H,8-9,18H2,1-3H3,(H,19,21). The van der Waals surface area contributed by atoms with Crippen molar-refractivity contribution in [3.63, 3.8) is 0 Å². The van der Waals surface area contributed by atoms with E-state index in [-0.39, 0.29) is 17.6 Å². The average Bonchev–Trinajstić information content (AvgIpc) is 3.03. The molecule has 0 radical (unpaired) electrons. The molecule has 124 valence electrons. The lowest BCUT2D eigenvalue weighted by Crippen LogP contribution is -2.15. The number of carbonyl (C=O) groups is 1. The Balaban J connectivity index is 1.99. The van der Waals surface area contributed by atoms with Crippen LogP contribution in [0.5, 0.6) is 0 Å². The van der Waals surface area contributed by atoms with Crippen molar-refractivity contribution in [1.82, 2.24) is 4.98 Å². The van der Waals surface area contributed by atoms with Crippen LogP contribution in [0.3, 0.4) is 0 Å². The summed E-state index contributed by atoms with van der Waals surface area (Å²) in [5, 5.41) is 2.81. The zero-order valence-electron chi connectivity index (χ0n) is 13.7. The first kappa shape index (κ1) is 17.6. The Kier molecular flexibility index (Phi) is 6.24. The summed E-state index contributed by atoms with van der Waals surface area (Å²) in [5.41, 5.74) is 8.19. The van der Waals surface area contributed by atoms with Crippen LogP contribution in [0.1, 0.15) is 54.2 Å². The number of nitrogens with two attached hydrogens (primary N) is 1. The Bertz CT molecular complexity index is 638. The fourth-order valence-corrected chi connectivity index (χ4v) is 2.57. The summed E-state index contributed by atoms with van der Waals surface area (Å²) in [6.07, 6.45) is 4.14. The first-order chi connectivity index (χ1) is 11.0. The second-order valence-electron chi connectivity index (χ2n) is 5.69. The van der Waals surface area contributed by atoms with Crippen LogP contribution in [0.25, 0.3) is 0 Å². The van der Waals surface area contributed by atoms with E-state index in [1.165, 1.54) is 11.8 Å². The number of nitrogens with zero attached hydrogens (tertiary/aromatic N) is 1. The van der Waals surface area contributed by atoms with Crippen LogP contribution in [0.15, 0.2) is 34.9 Å². The third-order valence-corrected chi connectivity index (χ3v) is 4.18. The molecule has 0 aliphatic heterocycles. The number of oxazole rings is 1. The van der Waals surface area contributed by atoms with E-state index in [4.69, 9.17) is 10.2 Å². The second kappa shape index (κ2) is 8.17. The molecule has 23 heavy (non-hydrogen) atoms. The van der Waals surface area contributed by atoms with Crippen LogP contribution in [-0.2, 0) is 0 Å². The quantitative estimate of drug-likeness (QED) is 0.805. The zero-order valence-corrected chi connectivity index (χ0v) is 14.5. The van der Waals surface area contributed by atoms with Crippen LogP contribution in [0.4, 0.5) is 5.69 Å². The predicted octanol–water partition coefficient (Wildman–Crippen LogP) is 3.80. The normalized spacial score (nSPS) is 12.4. The van der Waals surface area contributed by atoms with Crippen molar-refractivity contribution in [2.75, 3.05) is 17.3 Å². The third kappa shape index (κ3) is 4.84. The number of benzene rings is 1. The van der Waals surface area contributed by atoms with Gasteiger partial charge in [0.1, 0.15) is 6.26 Å². The molecule has 3 N–H and O–H groups in total. The number of thioether (sulfide) groups is 1. The molecule has 0 spiro atoms. The first-order valence-electron chi connectivity index (χ1n) is 7.62. The van der Waals surface area contributed by atoms with Crippen LogP contribution in [0.2, 0.25) is 0 Å². The summed E-state index contributed by atoms with van der Waals surface area (Å²) in [4.78, 5) is 16.4. The Morgan fingerprint density at radius 2 is 2.04 bits per heavy atom. The molecule has 0 saturated carbocycles. The Morgan fingerprint density at radius 3 is 2.65 bits per heavy atom. The number of aromatic nitrogens is 1. The van der Waals surface area contributed by atoms with Crippen molar-refractivity contribution in [3.05, 3.63) is 47.7 Å². The molecule has 1 atom stereocenters. The van der Waals surface area contributed by atoms with Gasteiger partial charge in [0, 0.05) is 5.69 Å². The van der Waals surface area contributed by atoms with Crippen molar-refractivity contribution < 1.29 is 9.21 Å². The highest BCUT2D eigenvalue weighted by molar-refractivity contribution is 7.98. The lowest BCUT2D eigenvalue weighted by atomic mass is 10.0. The lowest BCUT2D eigenvalue weighted by Gasteiger charge is -2.07. The minimum Gasteiger partial charge on any atom is -0.446 e. The average molecular weight is 333 g/mol. The molecule has 0 aliphatic rings. The van der Waals surface area contributed by atoms with Crippen molar-refractivity contribution in [2.45, 2.75) is 32.2 Å². The van der Waals surface area contributed by atoms with Gasteiger partial charge in [-0.25, -0.2) is 4.98 Å². The molecule has 5 nitrogen and oxygen atoms in total. The molecule has 0 aliphatic carbocycles. The van der Waals surface area contributed by atoms with Crippen molar-refractivity contribution in [2.24, 2.45) is 5.73 Å². The minimum atomic E-state index is -0.297. The van der Waals surface area contributed by atoms with Gasteiger partial charge < -0.3 is 15.5 Å². The van der Waals surface area contributed by atoms with Gasteiger partial charge in [0.15, 0.2) is 5.69 Å². The molecular weight excluding hydrogens is 310 g/mol. The van der Waals surface area contributed by atoms with E-state index in [1.54, 1.807) is 11.8 Å². The van der Waals surface area contributed by atoms with Gasteiger partial charge in [-0.3, -0.25) is 4.79 Å². The number of amides is 1. The topological polar surface area (TPSA) is 81.1 Å². The number of nitrogens with one attached hydrogen (secondary N) is 1. The molecule has 2 rings (SSSR count). The first-order valence-corrected chi connectivity index (χ1v) is 9.02. The van der Waals surface area contributed by atoms with E-state index in [1.807, 2.05) is 30.5 Å². The van der Waals surface area contributed by atoms with Gasteiger partial charge in [0.25, 0.3) is 5.91 Å². The molecule has 1 unspecified atom stereocenters. The van der Waals surface area contributed by atoms with Gasteiger partial charge >= 0.3 is 0 Å². The molecule has 1 aromatic heterocycles. The summed E-state index contributed by atoms with van der Waals surface area (Å²) in [6, 6.07) is 7.51. The number of hydrogen-bond donors (Lipinski definition) is 2. The van der Waals surface area contributed by atoms with Gasteiger partial charge in [-0.05, 0) is 42.0 Å². The fraction of sp³-hybridized carbons (Fsp3) is 0.412.